The van der Waals surface area contributed by atoms with Gasteiger partial charge in [-0.25, -0.2) is 4.98 Å². The van der Waals surface area contributed by atoms with Gasteiger partial charge < -0.3 is 15.6 Å². The molecule has 4 nitrogen and oxygen atoms in total. The lowest BCUT2D eigenvalue weighted by atomic mass is 9.98. The number of piperidine rings is 1. The molecule has 0 aliphatic carbocycles. The molecule has 1 aromatic rings. The standard InChI is InChI=1S/C13H24N4/c1-10(9-12-5-3-4-6-14-12)17-11(2)13-15-7-8-16-13/h7-8,10-12,14,17H,3-6,9H2,1-2H3,(H,15,16). The van der Waals surface area contributed by atoms with Crippen LogP contribution in [0.15, 0.2) is 12.4 Å². The number of rotatable bonds is 5. The van der Waals surface area contributed by atoms with Crippen molar-refractivity contribution in [1.82, 2.24) is 20.6 Å². The van der Waals surface area contributed by atoms with Gasteiger partial charge in [-0.15, -0.1) is 0 Å². The lowest BCUT2D eigenvalue weighted by Gasteiger charge is -2.27. The predicted molar refractivity (Wildman–Crippen MR) is 69.9 cm³/mol. The summed E-state index contributed by atoms with van der Waals surface area (Å²) in [5.74, 6) is 1.02. The van der Waals surface area contributed by atoms with Gasteiger partial charge in [0.05, 0.1) is 6.04 Å². The molecule has 1 aliphatic heterocycles. The van der Waals surface area contributed by atoms with Crippen molar-refractivity contribution in [2.45, 2.75) is 57.7 Å². The second-order valence-corrected chi connectivity index (χ2v) is 5.15. The molecule has 2 rings (SSSR count). The number of nitrogens with zero attached hydrogens (tertiary/aromatic N) is 1. The van der Waals surface area contributed by atoms with Crippen LogP contribution in [0, 0.1) is 0 Å². The number of aromatic nitrogens is 2. The number of imidazole rings is 1. The van der Waals surface area contributed by atoms with Crippen LogP contribution in [0.25, 0.3) is 0 Å². The number of aromatic amines is 1. The van der Waals surface area contributed by atoms with Crippen LogP contribution in [-0.2, 0) is 0 Å². The van der Waals surface area contributed by atoms with Crippen molar-refractivity contribution < 1.29 is 0 Å². The van der Waals surface area contributed by atoms with Crippen LogP contribution in [0.3, 0.4) is 0 Å². The molecular weight excluding hydrogens is 212 g/mol. The van der Waals surface area contributed by atoms with Gasteiger partial charge in [-0.1, -0.05) is 6.42 Å². The first-order valence-corrected chi connectivity index (χ1v) is 6.74. The van der Waals surface area contributed by atoms with Crippen molar-refractivity contribution in [2.24, 2.45) is 0 Å². The van der Waals surface area contributed by atoms with Gasteiger partial charge in [0, 0.05) is 24.5 Å². The highest BCUT2D eigenvalue weighted by Gasteiger charge is 2.17. The van der Waals surface area contributed by atoms with Gasteiger partial charge in [-0.05, 0) is 39.7 Å². The van der Waals surface area contributed by atoms with E-state index in [0.29, 0.717) is 18.1 Å². The monoisotopic (exact) mass is 236 g/mol. The average Bonchev–Trinajstić information content (AvgIpc) is 2.83. The van der Waals surface area contributed by atoms with Crippen LogP contribution in [0.4, 0.5) is 0 Å². The zero-order chi connectivity index (χ0) is 12.1. The molecule has 0 saturated carbocycles. The Morgan fingerprint density at radius 1 is 1.47 bits per heavy atom. The predicted octanol–water partition coefficient (Wildman–Crippen LogP) is 1.98. The number of hydrogen-bond acceptors (Lipinski definition) is 3. The molecule has 4 heteroatoms. The molecule has 0 bridgehead atoms. The molecule has 96 valence electrons. The first-order valence-electron chi connectivity index (χ1n) is 6.74. The lowest BCUT2D eigenvalue weighted by Crippen LogP contribution is -2.40. The second kappa shape index (κ2) is 6.17. The highest BCUT2D eigenvalue weighted by molar-refractivity contribution is 4.94. The van der Waals surface area contributed by atoms with E-state index >= 15 is 0 Å². The highest BCUT2D eigenvalue weighted by atomic mass is 15.0. The van der Waals surface area contributed by atoms with Gasteiger partial charge in [0.2, 0.25) is 0 Å². The van der Waals surface area contributed by atoms with Crippen LogP contribution in [0.5, 0.6) is 0 Å². The van der Waals surface area contributed by atoms with Crippen LogP contribution >= 0.6 is 0 Å². The first kappa shape index (κ1) is 12.6. The maximum Gasteiger partial charge on any atom is 0.122 e. The molecule has 0 radical (unpaired) electrons. The lowest BCUT2D eigenvalue weighted by molar-refractivity contribution is 0.332. The normalized spacial score (nSPS) is 24.5. The Kier molecular flexibility index (Phi) is 4.57. The molecule has 1 aromatic heterocycles. The van der Waals surface area contributed by atoms with E-state index in [0.717, 1.165) is 5.82 Å². The number of H-pyrrole nitrogens is 1. The summed E-state index contributed by atoms with van der Waals surface area (Å²) in [4.78, 5) is 7.44. The summed E-state index contributed by atoms with van der Waals surface area (Å²) >= 11 is 0. The van der Waals surface area contributed by atoms with Gasteiger partial charge in [-0.3, -0.25) is 0 Å². The molecule has 3 atom stereocenters. The summed E-state index contributed by atoms with van der Waals surface area (Å²) in [6.45, 7) is 5.60. The van der Waals surface area contributed by atoms with Crippen LogP contribution in [-0.4, -0.2) is 28.6 Å². The van der Waals surface area contributed by atoms with E-state index in [1.54, 1.807) is 6.20 Å². The van der Waals surface area contributed by atoms with Crippen molar-refractivity contribution >= 4 is 0 Å². The molecule has 0 amide bonds. The number of hydrogen-bond donors (Lipinski definition) is 3. The van der Waals surface area contributed by atoms with Crippen molar-refractivity contribution in [2.75, 3.05) is 6.54 Å². The zero-order valence-electron chi connectivity index (χ0n) is 10.9. The largest absolute Gasteiger partial charge is 0.347 e. The third-order valence-corrected chi connectivity index (χ3v) is 3.51. The third kappa shape index (κ3) is 3.82. The van der Waals surface area contributed by atoms with Gasteiger partial charge >= 0.3 is 0 Å². The maximum absolute atomic E-state index is 4.28. The molecule has 1 fully saturated rings. The highest BCUT2D eigenvalue weighted by Crippen LogP contribution is 2.14. The van der Waals surface area contributed by atoms with Crippen molar-refractivity contribution in [1.29, 1.82) is 0 Å². The molecule has 0 aromatic carbocycles. The Morgan fingerprint density at radius 3 is 3.00 bits per heavy atom. The molecule has 3 N–H and O–H groups in total. The Bertz CT molecular complexity index is 303. The summed E-state index contributed by atoms with van der Waals surface area (Å²) in [6, 6.07) is 1.50. The summed E-state index contributed by atoms with van der Waals surface area (Å²) in [7, 11) is 0. The Hall–Kier alpha value is -0.870. The summed E-state index contributed by atoms with van der Waals surface area (Å²) in [5.41, 5.74) is 0. The Labute approximate surface area is 104 Å². The third-order valence-electron chi connectivity index (χ3n) is 3.51. The van der Waals surface area contributed by atoms with Gasteiger partial charge in [-0.2, -0.15) is 0 Å². The van der Waals surface area contributed by atoms with Crippen molar-refractivity contribution in [3.05, 3.63) is 18.2 Å². The minimum absolute atomic E-state index is 0.295. The van der Waals surface area contributed by atoms with E-state index in [-0.39, 0.29) is 0 Å². The Morgan fingerprint density at radius 2 is 2.35 bits per heavy atom. The fraction of sp³-hybridized carbons (Fsp3) is 0.769. The molecule has 1 aliphatic rings. The molecule has 17 heavy (non-hydrogen) atoms. The minimum atomic E-state index is 0.295. The average molecular weight is 236 g/mol. The fourth-order valence-electron chi connectivity index (χ4n) is 2.64. The van der Waals surface area contributed by atoms with Crippen LogP contribution in [0.1, 0.15) is 51.4 Å². The molecular formula is C13H24N4. The SMILES string of the molecule is CC(CC1CCCCN1)NC(C)c1ncc[nH]1. The van der Waals surface area contributed by atoms with E-state index in [1.807, 2.05) is 6.20 Å². The molecule has 3 unspecified atom stereocenters. The maximum atomic E-state index is 4.28. The number of nitrogens with one attached hydrogen (secondary N) is 3. The van der Waals surface area contributed by atoms with E-state index in [2.05, 4.69) is 34.4 Å². The summed E-state index contributed by atoms with van der Waals surface area (Å²) in [6.07, 6.45) is 8.91. The van der Waals surface area contributed by atoms with Crippen molar-refractivity contribution in [3.8, 4) is 0 Å². The summed E-state index contributed by atoms with van der Waals surface area (Å²) < 4.78 is 0. The smallest absolute Gasteiger partial charge is 0.122 e. The van der Waals surface area contributed by atoms with Gasteiger partial charge in [0.15, 0.2) is 0 Å². The van der Waals surface area contributed by atoms with Gasteiger partial charge in [0.25, 0.3) is 0 Å². The Balaban J connectivity index is 1.74. The summed E-state index contributed by atoms with van der Waals surface area (Å²) in [5, 5.41) is 7.19. The topological polar surface area (TPSA) is 52.7 Å². The van der Waals surface area contributed by atoms with Gasteiger partial charge in [0.1, 0.15) is 5.82 Å². The van der Waals surface area contributed by atoms with Crippen LogP contribution < -0.4 is 10.6 Å². The molecule has 1 saturated heterocycles. The van der Waals surface area contributed by atoms with Crippen LogP contribution in [0.2, 0.25) is 0 Å². The van der Waals surface area contributed by atoms with Crippen molar-refractivity contribution in [3.63, 3.8) is 0 Å². The van der Waals surface area contributed by atoms with E-state index < -0.39 is 0 Å². The van der Waals surface area contributed by atoms with E-state index in [9.17, 15) is 0 Å². The quantitative estimate of drug-likeness (QED) is 0.733. The molecule has 2 heterocycles. The minimum Gasteiger partial charge on any atom is -0.347 e. The van der Waals surface area contributed by atoms with E-state index in [1.165, 1.54) is 32.2 Å². The fourth-order valence-corrected chi connectivity index (χ4v) is 2.64. The van der Waals surface area contributed by atoms with E-state index in [4.69, 9.17) is 0 Å². The zero-order valence-corrected chi connectivity index (χ0v) is 10.9. The molecule has 0 spiro atoms. The second-order valence-electron chi connectivity index (χ2n) is 5.15. The first-order chi connectivity index (χ1) is 8.25.